The van der Waals surface area contributed by atoms with Crippen molar-refractivity contribution in [3.8, 4) is 0 Å². The van der Waals surface area contributed by atoms with Crippen molar-refractivity contribution in [3.05, 3.63) is 0 Å². The second kappa shape index (κ2) is 7.88. The normalized spacial score (nSPS) is 25.9. The lowest BCUT2D eigenvalue weighted by atomic mass is 9.84. The van der Waals surface area contributed by atoms with Crippen LogP contribution in [0.5, 0.6) is 0 Å². The first-order valence-corrected chi connectivity index (χ1v) is 8.65. The molecule has 1 saturated carbocycles. The summed E-state index contributed by atoms with van der Waals surface area (Å²) in [6.07, 6.45) is 5.53. The number of carbonyl (C=O) groups excluding carboxylic acids is 1. The fraction of sp³-hybridized carbons (Fsp3) is 0.857. The lowest BCUT2D eigenvalue weighted by Crippen LogP contribution is -2.49. The van der Waals surface area contributed by atoms with E-state index in [1.165, 1.54) is 6.42 Å². The molecule has 2 aliphatic rings. The average Bonchev–Trinajstić information content (AvgIpc) is 2.46. The summed E-state index contributed by atoms with van der Waals surface area (Å²) in [5, 5.41) is 15.4. The van der Waals surface area contributed by atoms with Crippen LogP contribution in [0.3, 0.4) is 0 Å². The Bertz CT molecular complexity index is 339. The van der Waals surface area contributed by atoms with E-state index in [4.69, 9.17) is 0 Å². The molecule has 2 fully saturated rings. The number of thioether (sulfide) groups is 1. The summed E-state index contributed by atoms with van der Waals surface area (Å²) < 4.78 is 0. The molecule has 1 heterocycles. The topological polar surface area (TPSA) is 78.4 Å². The van der Waals surface area contributed by atoms with Crippen LogP contribution in [0.2, 0.25) is 0 Å². The van der Waals surface area contributed by atoms with Gasteiger partial charge in [-0.05, 0) is 18.8 Å². The Morgan fingerprint density at radius 3 is 2.65 bits per heavy atom. The Morgan fingerprint density at radius 1 is 1.30 bits per heavy atom. The van der Waals surface area contributed by atoms with Crippen LogP contribution in [0.4, 0.5) is 0 Å². The lowest BCUT2D eigenvalue weighted by Gasteiger charge is -2.29. The van der Waals surface area contributed by atoms with Crippen molar-refractivity contribution in [1.82, 2.24) is 10.6 Å². The molecule has 0 bridgehead atoms. The molecule has 1 aliphatic carbocycles. The van der Waals surface area contributed by atoms with E-state index in [1.807, 2.05) is 11.8 Å². The molecule has 0 aromatic heterocycles. The van der Waals surface area contributed by atoms with Crippen LogP contribution < -0.4 is 10.6 Å². The van der Waals surface area contributed by atoms with Crippen LogP contribution in [0, 0.1) is 5.92 Å². The summed E-state index contributed by atoms with van der Waals surface area (Å²) in [6, 6.07) is -0.534. The minimum absolute atomic E-state index is 0.0962. The summed E-state index contributed by atoms with van der Waals surface area (Å²) in [4.78, 5) is 23.4. The minimum Gasteiger partial charge on any atom is -0.480 e. The molecule has 3 N–H and O–H groups in total. The van der Waals surface area contributed by atoms with Crippen LogP contribution in [-0.4, -0.2) is 47.1 Å². The van der Waals surface area contributed by atoms with Crippen LogP contribution >= 0.6 is 11.8 Å². The van der Waals surface area contributed by atoms with Gasteiger partial charge in [0.2, 0.25) is 5.91 Å². The van der Waals surface area contributed by atoms with E-state index in [2.05, 4.69) is 10.6 Å². The molecular weight excluding hydrogens is 276 g/mol. The minimum atomic E-state index is -0.892. The van der Waals surface area contributed by atoms with Crippen LogP contribution in [0.15, 0.2) is 0 Å². The number of carboxylic acid groups (broad SMARTS) is 1. The van der Waals surface area contributed by atoms with E-state index in [0.29, 0.717) is 6.42 Å². The van der Waals surface area contributed by atoms with Gasteiger partial charge < -0.3 is 15.7 Å². The van der Waals surface area contributed by atoms with Crippen LogP contribution in [-0.2, 0) is 9.59 Å². The van der Waals surface area contributed by atoms with Gasteiger partial charge in [-0.3, -0.25) is 4.79 Å². The van der Waals surface area contributed by atoms with Crippen molar-refractivity contribution in [1.29, 1.82) is 0 Å². The van der Waals surface area contributed by atoms with E-state index in [1.54, 1.807) is 0 Å². The van der Waals surface area contributed by atoms with Crippen molar-refractivity contribution < 1.29 is 14.7 Å². The summed E-state index contributed by atoms with van der Waals surface area (Å²) >= 11 is 1.84. The molecule has 1 amide bonds. The van der Waals surface area contributed by atoms with Crippen molar-refractivity contribution >= 4 is 23.6 Å². The van der Waals surface area contributed by atoms with E-state index < -0.39 is 12.0 Å². The maximum Gasteiger partial charge on any atom is 0.326 e. The molecule has 0 spiro atoms. The number of hydrogen-bond acceptors (Lipinski definition) is 4. The van der Waals surface area contributed by atoms with E-state index in [-0.39, 0.29) is 17.9 Å². The SMILES string of the molecule is O=C(CC1CSCCN1)NC(C(=O)O)C1CCCCC1. The number of amides is 1. The average molecular weight is 300 g/mol. The third-order valence-corrected chi connectivity index (χ3v) is 5.26. The van der Waals surface area contributed by atoms with Gasteiger partial charge in [0, 0.05) is 30.5 Å². The predicted octanol–water partition coefficient (Wildman–Crippen LogP) is 1.23. The van der Waals surface area contributed by atoms with E-state index in [9.17, 15) is 14.7 Å². The molecule has 20 heavy (non-hydrogen) atoms. The molecule has 6 heteroatoms. The Kier molecular flexibility index (Phi) is 6.16. The monoisotopic (exact) mass is 300 g/mol. The Hall–Kier alpha value is -0.750. The molecule has 0 aromatic rings. The van der Waals surface area contributed by atoms with Crippen molar-refractivity contribution in [2.24, 2.45) is 5.92 Å². The van der Waals surface area contributed by atoms with Gasteiger partial charge in [-0.25, -0.2) is 4.79 Å². The summed E-state index contributed by atoms with van der Waals surface area (Å²) in [7, 11) is 0. The zero-order valence-electron chi connectivity index (χ0n) is 11.8. The highest BCUT2D eigenvalue weighted by atomic mass is 32.2. The Balaban J connectivity index is 1.83. The second-order valence-corrected chi connectivity index (χ2v) is 6.86. The number of hydrogen-bond donors (Lipinski definition) is 3. The zero-order valence-corrected chi connectivity index (χ0v) is 12.6. The van der Waals surface area contributed by atoms with Gasteiger partial charge in [-0.15, -0.1) is 0 Å². The van der Waals surface area contributed by atoms with Crippen molar-refractivity contribution in [2.45, 2.75) is 50.6 Å². The van der Waals surface area contributed by atoms with E-state index >= 15 is 0 Å². The van der Waals surface area contributed by atoms with Gasteiger partial charge in [-0.2, -0.15) is 11.8 Å². The molecule has 2 atom stereocenters. The molecule has 1 aliphatic heterocycles. The number of nitrogens with one attached hydrogen (secondary N) is 2. The van der Waals surface area contributed by atoms with Crippen molar-refractivity contribution in [2.75, 3.05) is 18.1 Å². The molecule has 1 saturated heterocycles. The standard InChI is InChI=1S/C14H24N2O3S/c17-12(8-11-9-20-7-6-15-11)16-13(14(18)19)10-4-2-1-3-5-10/h10-11,13,15H,1-9H2,(H,16,17)(H,18,19). The molecular formula is C14H24N2O3S. The summed E-state index contributed by atoms with van der Waals surface area (Å²) in [6.45, 7) is 0.924. The highest BCUT2D eigenvalue weighted by molar-refractivity contribution is 7.99. The fourth-order valence-corrected chi connectivity index (χ4v) is 4.00. The first-order chi connectivity index (χ1) is 9.66. The zero-order chi connectivity index (χ0) is 14.4. The van der Waals surface area contributed by atoms with Gasteiger partial charge >= 0.3 is 5.97 Å². The van der Waals surface area contributed by atoms with Crippen LogP contribution in [0.25, 0.3) is 0 Å². The third kappa shape index (κ3) is 4.66. The fourth-order valence-electron chi connectivity index (χ4n) is 3.06. The van der Waals surface area contributed by atoms with Crippen LogP contribution in [0.1, 0.15) is 38.5 Å². The summed E-state index contributed by atoms with van der Waals surface area (Å²) in [5.41, 5.74) is 0. The number of carbonyl (C=O) groups is 2. The Morgan fingerprint density at radius 2 is 2.05 bits per heavy atom. The van der Waals surface area contributed by atoms with Crippen molar-refractivity contribution in [3.63, 3.8) is 0 Å². The summed E-state index contributed by atoms with van der Waals surface area (Å²) in [5.74, 6) is 1.07. The first-order valence-electron chi connectivity index (χ1n) is 7.50. The van der Waals surface area contributed by atoms with Gasteiger partial charge in [0.05, 0.1) is 0 Å². The lowest BCUT2D eigenvalue weighted by molar-refractivity contribution is -0.144. The molecule has 2 unspecified atom stereocenters. The first kappa shape index (κ1) is 15.6. The molecule has 2 rings (SSSR count). The van der Waals surface area contributed by atoms with Gasteiger partial charge in [0.25, 0.3) is 0 Å². The predicted molar refractivity (Wildman–Crippen MR) is 79.9 cm³/mol. The second-order valence-electron chi connectivity index (χ2n) is 5.71. The molecule has 0 radical (unpaired) electrons. The molecule has 114 valence electrons. The van der Waals surface area contributed by atoms with Gasteiger partial charge in [-0.1, -0.05) is 19.3 Å². The number of aliphatic carboxylic acids is 1. The molecule has 0 aromatic carbocycles. The number of rotatable bonds is 5. The van der Waals surface area contributed by atoms with Gasteiger partial charge in [0.1, 0.15) is 6.04 Å². The number of carboxylic acids is 1. The largest absolute Gasteiger partial charge is 0.480 e. The Labute approximate surface area is 124 Å². The highest BCUT2D eigenvalue weighted by Gasteiger charge is 2.31. The molecule has 5 nitrogen and oxygen atoms in total. The maximum atomic E-state index is 12.0. The quantitative estimate of drug-likeness (QED) is 0.712. The smallest absolute Gasteiger partial charge is 0.326 e. The van der Waals surface area contributed by atoms with E-state index in [0.717, 1.165) is 43.7 Å². The highest BCUT2D eigenvalue weighted by Crippen LogP contribution is 2.26. The third-order valence-electron chi connectivity index (χ3n) is 4.13. The van der Waals surface area contributed by atoms with Gasteiger partial charge in [0.15, 0.2) is 0 Å². The maximum absolute atomic E-state index is 12.0.